The third-order valence-electron chi connectivity index (χ3n) is 4.28. The number of nitrogens with zero attached hydrogens (tertiary/aromatic N) is 1. The second-order valence-electron chi connectivity index (χ2n) is 5.97. The zero-order valence-corrected chi connectivity index (χ0v) is 13.3. The molecule has 0 amide bonds. The fourth-order valence-corrected chi connectivity index (χ4v) is 3.01. The van der Waals surface area contributed by atoms with Crippen molar-refractivity contribution >= 4 is 0 Å². The third-order valence-corrected chi connectivity index (χ3v) is 4.28. The highest BCUT2D eigenvalue weighted by Gasteiger charge is 2.26. The molecule has 4 heteroatoms. The molecule has 1 heterocycles. The minimum absolute atomic E-state index is 0.309. The molecule has 4 nitrogen and oxygen atoms in total. The monoisotopic (exact) mass is 293 g/mol. The molecular formula is C17H27NO3. The lowest BCUT2D eigenvalue weighted by molar-refractivity contribution is 0.0208. The first kappa shape index (κ1) is 16.1. The Labute approximate surface area is 127 Å². The van der Waals surface area contributed by atoms with E-state index in [1.807, 2.05) is 24.3 Å². The van der Waals surface area contributed by atoms with E-state index in [1.165, 1.54) is 19.3 Å². The number of aliphatic hydroxyl groups excluding tert-OH is 1. The zero-order valence-electron chi connectivity index (χ0n) is 13.3. The van der Waals surface area contributed by atoms with E-state index in [0.717, 1.165) is 11.5 Å². The molecule has 1 aromatic rings. The average Bonchev–Trinajstić information content (AvgIpc) is 2.49. The Kier molecular flexibility index (Phi) is 5.88. The van der Waals surface area contributed by atoms with Gasteiger partial charge in [-0.3, -0.25) is 4.90 Å². The van der Waals surface area contributed by atoms with Crippen molar-refractivity contribution in [3.05, 3.63) is 24.3 Å². The summed E-state index contributed by atoms with van der Waals surface area (Å²) in [7, 11) is 1.63. The van der Waals surface area contributed by atoms with Gasteiger partial charge < -0.3 is 14.6 Å². The predicted molar refractivity (Wildman–Crippen MR) is 84.0 cm³/mol. The largest absolute Gasteiger partial charge is 0.497 e. The molecule has 1 aromatic carbocycles. The molecule has 1 aliphatic rings. The number of methoxy groups -OCH3 is 1. The second kappa shape index (κ2) is 7.66. The number of hydrogen-bond donors (Lipinski definition) is 1. The number of aliphatic hydroxyl groups is 1. The predicted octanol–water partition coefficient (Wildman–Crippen LogP) is 2.70. The van der Waals surface area contributed by atoms with Gasteiger partial charge in [-0.2, -0.15) is 0 Å². The van der Waals surface area contributed by atoms with E-state index in [9.17, 15) is 5.11 Å². The number of piperidine rings is 1. The van der Waals surface area contributed by atoms with Gasteiger partial charge in [0.25, 0.3) is 0 Å². The van der Waals surface area contributed by atoms with Gasteiger partial charge >= 0.3 is 0 Å². The van der Waals surface area contributed by atoms with E-state index < -0.39 is 6.10 Å². The smallest absolute Gasteiger partial charge is 0.123 e. The Hall–Kier alpha value is -1.26. The van der Waals surface area contributed by atoms with Gasteiger partial charge in [-0.1, -0.05) is 12.5 Å². The van der Waals surface area contributed by atoms with Gasteiger partial charge in [-0.15, -0.1) is 0 Å². The van der Waals surface area contributed by atoms with Crippen LogP contribution in [0.1, 0.15) is 33.1 Å². The molecular weight excluding hydrogens is 266 g/mol. The maximum Gasteiger partial charge on any atom is 0.123 e. The van der Waals surface area contributed by atoms with E-state index in [1.54, 1.807) is 7.11 Å². The minimum Gasteiger partial charge on any atom is -0.497 e. The molecule has 2 rings (SSSR count). The molecule has 0 spiro atoms. The van der Waals surface area contributed by atoms with Crippen molar-refractivity contribution in [3.8, 4) is 11.5 Å². The van der Waals surface area contributed by atoms with Crippen LogP contribution >= 0.6 is 0 Å². The van der Waals surface area contributed by atoms with Gasteiger partial charge in [0, 0.05) is 24.7 Å². The van der Waals surface area contributed by atoms with Crippen LogP contribution in [0.5, 0.6) is 11.5 Å². The van der Waals surface area contributed by atoms with Crippen LogP contribution in [0, 0.1) is 0 Å². The molecule has 0 saturated carbocycles. The van der Waals surface area contributed by atoms with Crippen molar-refractivity contribution in [2.75, 3.05) is 20.3 Å². The van der Waals surface area contributed by atoms with Crippen molar-refractivity contribution < 1.29 is 14.6 Å². The van der Waals surface area contributed by atoms with Crippen LogP contribution in [0.3, 0.4) is 0 Å². The highest BCUT2D eigenvalue weighted by atomic mass is 16.5. The van der Waals surface area contributed by atoms with E-state index in [4.69, 9.17) is 9.47 Å². The Morgan fingerprint density at radius 2 is 1.90 bits per heavy atom. The molecule has 0 radical (unpaired) electrons. The van der Waals surface area contributed by atoms with Gasteiger partial charge in [0.2, 0.25) is 0 Å². The maximum atomic E-state index is 10.2. The standard InChI is InChI=1S/C17H27NO3/c1-13-6-4-7-14(2)18(13)11-15(19)12-21-17-9-5-8-16(10-17)20-3/h5,8-10,13-15,19H,4,6-7,11-12H2,1-3H3/t13-,14-,15+/m1/s1. The van der Waals surface area contributed by atoms with Crippen molar-refractivity contribution in [2.45, 2.75) is 51.3 Å². The van der Waals surface area contributed by atoms with Gasteiger partial charge in [-0.05, 0) is 38.8 Å². The van der Waals surface area contributed by atoms with Crippen molar-refractivity contribution in [1.29, 1.82) is 0 Å². The van der Waals surface area contributed by atoms with Crippen LogP contribution in [0.25, 0.3) is 0 Å². The van der Waals surface area contributed by atoms with Crippen molar-refractivity contribution in [1.82, 2.24) is 4.90 Å². The Bertz CT molecular complexity index is 428. The van der Waals surface area contributed by atoms with E-state index >= 15 is 0 Å². The summed E-state index contributed by atoms with van der Waals surface area (Å²) in [6.07, 6.45) is 3.25. The average molecular weight is 293 g/mol. The van der Waals surface area contributed by atoms with Crippen molar-refractivity contribution in [3.63, 3.8) is 0 Å². The molecule has 21 heavy (non-hydrogen) atoms. The van der Waals surface area contributed by atoms with Gasteiger partial charge in [0.05, 0.1) is 7.11 Å². The van der Waals surface area contributed by atoms with Gasteiger partial charge in [0.15, 0.2) is 0 Å². The van der Waals surface area contributed by atoms with Gasteiger partial charge in [-0.25, -0.2) is 0 Å². The number of ether oxygens (including phenoxy) is 2. The first-order valence-corrected chi connectivity index (χ1v) is 7.81. The Balaban J connectivity index is 1.82. The molecule has 118 valence electrons. The Morgan fingerprint density at radius 3 is 2.57 bits per heavy atom. The lowest BCUT2D eigenvalue weighted by Gasteiger charge is -2.40. The van der Waals surface area contributed by atoms with E-state index in [-0.39, 0.29) is 0 Å². The summed E-state index contributed by atoms with van der Waals surface area (Å²) < 4.78 is 10.8. The summed E-state index contributed by atoms with van der Waals surface area (Å²) in [5.74, 6) is 1.49. The molecule has 0 aliphatic carbocycles. The van der Waals surface area contributed by atoms with Crippen LogP contribution in [-0.4, -0.2) is 48.5 Å². The first-order chi connectivity index (χ1) is 10.1. The van der Waals surface area contributed by atoms with Gasteiger partial charge in [0.1, 0.15) is 24.2 Å². The highest BCUT2D eigenvalue weighted by Crippen LogP contribution is 2.23. The fraction of sp³-hybridized carbons (Fsp3) is 0.647. The lowest BCUT2D eigenvalue weighted by Crippen LogP contribution is -2.48. The summed E-state index contributed by atoms with van der Waals surface area (Å²) in [5, 5.41) is 10.2. The number of benzene rings is 1. The number of hydrogen-bond acceptors (Lipinski definition) is 4. The second-order valence-corrected chi connectivity index (χ2v) is 5.97. The molecule has 0 aromatic heterocycles. The summed E-state index contributed by atoms with van der Waals surface area (Å²) in [5.41, 5.74) is 0. The molecule has 1 fully saturated rings. The molecule has 1 saturated heterocycles. The van der Waals surface area contributed by atoms with Crippen LogP contribution in [0.15, 0.2) is 24.3 Å². The van der Waals surface area contributed by atoms with Crippen LogP contribution in [-0.2, 0) is 0 Å². The fourth-order valence-electron chi connectivity index (χ4n) is 3.01. The number of likely N-dealkylation sites (tertiary alicyclic amines) is 1. The molecule has 1 aliphatic heterocycles. The molecule has 0 unspecified atom stereocenters. The first-order valence-electron chi connectivity index (χ1n) is 7.81. The summed E-state index contributed by atoms with van der Waals surface area (Å²) in [6.45, 7) is 5.46. The minimum atomic E-state index is -0.473. The van der Waals surface area contributed by atoms with Crippen molar-refractivity contribution in [2.24, 2.45) is 0 Å². The summed E-state index contributed by atoms with van der Waals surface area (Å²) in [6, 6.07) is 8.55. The Morgan fingerprint density at radius 1 is 1.24 bits per heavy atom. The maximum absolute atomic E-state index is 10.2. The highest BCUT2D eigenvalue weighted by molar-refractivity contribution is 5.32. The molecule has 0 bridgehead atoms. The van der Waals surface area contributed by atoms with Crippen LogP contribution in [0.2, 0.25) is 0 Å². The summed E-state index contributed by atoms with van der Waals surface area (Å²) >= 11 is 0. The molecule has 3 atom stereocenters. The normalized spacial score (nSPS) is 24.6. The number of β-amino-alcohol motifs (C(OH)–C–C–N with tert-alkyl or cyclic N) is 1. The SMILES string of the molecule is COc1cccc(OC[C@@H](O)CN2[C@H](C)CCC[C@H]2C)c1. The number of rotatable bonds is 6. The van der Waals surface area contributed by atoms with Crippen LogP contribution in [0.4, 0.5) is 0 Å². The van der Waals surface area contributed by atoms with E-state index in [2.05, 4.69) is 18.7 Å². The third kappa shape index (κ3) is 4.61. The van der Waals surface area contributed by atoms with Crippen LogP contribution < -0.4 is 9.47 Å². The molecule has 1 N–H and O–H groups in total. The van der Waals surface area contributed by atoms with E-state index in [0.29, 0.717) is 25.2 Å². The summed E-state index contributed by atoms with van der Waals surface area (Å²) in [4.78, 5) is 2.39. The zero-order chi connectivity index (χ0) is 15.2. The topological polar surface area (TPSA) is 41.9 Å². The lowest BCUT2D eigenvalue weighted by atomic mass is 9.97. The quantitative estimate of drug-likeness (QED) is 0.875.